The zero-order valence-electron chi connectivity index (χ0n) is 20.7. The topological polar surface area (TPSA) is 103 Å². The van der Waals surface area contributed by atoms with E-state index in [-0.39, 0.29) is 17.0 Å². The fourth-order valence-electron chi connectivity index (χ4n) is 4.37. The van der Waals surface area contributed by atoms with E-state index in [1.807, 2.05) is 6.07 Å². The first kappa shape index (κ1) is 27.8. The molecular weight excluding hydrogens is 487 g/mol. The van der Waals surface area contributed by atoms with E-state index >= 15 is 0 Å². The summed E-state index contributed by atoms with van der Waals surface area (Å²) in [5.41, 5.74) is 5.00. The summed E-state index contributed by atoms with van der Waals surface area (Å²) in [6, 6.07) is 4.44. The van der Waals surface area contributed by atoms with Crippen LogP contribution in [0.25, 0.3) is 11.0 Å². The number of alkyl halides is 2. The van der Waals surface area contributed by atoms with E-state index in [1.54, 1.807) is 32.2 Å². The maximum Gasteiger partial charge on any atom is 0.266 e. The van der Waals surface area contributed by atoms with Gasteiger partial charge in [-0.2, -0.15) is 0 Å². The number of nitrogens with two attached hydrogens (primary N) is 1. The minimum absolute atomic E-state index is 0.0505. The van der Waals surface area contributed by atoms with Crippen LogP contribution in [0.1, 0.15) is 48.9 Å². The third kappa shape index (κ3) is 5.65. The highest BCUT2D eigenvalue weighted by atomic mass is 19.3. The van der Waals surface area contributed by atoms with Crippen LogP contribution >= 0.6 is 0 Å². The Labute approximate surface area is 212 Å². The highest BCUT2D eigenvalue weighted by Gasteiger charge is 2.39. The lowest BCUT2D eigenvalue weighted by molar-refractivity contribution is -0.135. The third-order valence-corrected chi connectivity index (χ3v) is 6.58. The van der Waals surface area contributed by atoms with Gasteiger partial charge in [0.2, 0.25) is 5.91 Å². The summed E-state index contributed by atoms with van der Waals surface area (Å²) in [6.45, 7) is 2.72. The quantitative estimate of drug-likeness (QED) is 0.536. The molecule has 3 heterocycles. The van der Waals surface area contributed by atoms with Crippen molar-refractivity contribution >= 4 is 16.9 Å². The van der Waals surface area contributed by atoms with Crippen molar-refractivity contribution in [2.24, 2.45) is 12.8 Å². The number of hydrogen-bond donors (Lipinski definition) is 1. The van der Waals surface area contributed by atoms with Crippen molar-refractivity contribution in [3.8, 4) is 12.3 Å². The van der Waals surface area contributed by atoms with Gasteiger partial charge in [0, 0.05) is 51.3 Å². The number of fused-ring (bicyclic) bond motifs is 1. The van der Waals surface area contributed by atoms with Crippen LogP contribution in [0.2, 0.25) is 0 Å². The second-order valence-electron chi connectivity index (χ2n) is 8.62. The number of likely N-dealkylation sites (tertiary alicyclic amines) is 1. The molecule has 2 aromatic heterocycles. The van der Waals surface area contributed by atoms with Gasteiger partial charge >= 0.3 is 0 Å². The molecule has 1 fully saturated rings. The largest absolute Gasteiger partial charge is 0.373 e. The lowest BCUT2D eigenvalue weighted by Gasteiger charge is -2.40. The first-order valence-electron chi connectivity index (χ1n) is 11.4. The Balaban J connectivity index is 0.000000233. The van der Waals surface area contributed by atoms with Crippen molar-refractivity contribution in [3.63, 3.8) is 0 Å². The number of pyridine rings is 1. The molecule has 0 bridgehead atoms. The van der Waals surface area contributed by atoms with Gasteiger partial charge < -0.3 is 15.4 Å². The molecule has 1 aliphatic heterocycles. The predicted octanol–water partition coefficient (Wildman–Crippen LogP) is 3.21. The molecule has 0 saturated carbocycles. The van der Waals surface area contributed by atoms with Crippen LogP contribution in [0.5, 0.6) is 0 Å². The van der Waals surface area contributed by atoms with E-state index in [0.29, 0.717) is 37.1 Å². The number of aromatic nitrogens is 3. The molecule has 0 unspecified atom stereocenters. The van der Waals surface area contributed by atoms with Gasteiger partial charge in [0.05, 0.1) is 17.2 Å². The summed E-state index contributed by atoms with van der Waals surface area (Å²) >= 11 is 0. The van der Waals surface area contributed by atoms with E-state index in [1.165, 1.54) is 23.0 Å². The molecule has 1 aromatic carbocycles. The molecule has 1 saturated heterocycles. The Morgan fingerprint density at radius 3 is 2.49 bits per heavy atom. The average Bonchev–Trinajstić information content (AvgIpc) is 2.90. The number of amides is 1. The van der Waals surface area contributed by atoms with Crippen LogP contribution in [0.15, 0.2) is 41.6 Å². The van der Waals surface area contributed by atoms with Crippen LogP contribution in [-0.2, 0) is 22.2 Å². The smallest absolute Gasteiger partial charge is 0.266 e. The maximum atomic E-state index is 13.3. The second kappa shape index (κ2) is 11.5. The van der Waals surface area contributed by atoms with Crippen LogP contribution in [0, 0.1) is 18.2 Å². The molecule has 0 aliphatic carbocycles. The van der Waals surface area contributed by atoms with Crippen molar-refractivity contribution in [2.75, 3.05) is 20.2 Å². The lowest BCUT2D eigenvalue weighted by atomic mass is 9.84. The number of hydrogen-bond acceptors (Lipinski definition) is 6. The number of halogens is 3. The van der Waals surface area contributed by atoms with Crippen LogP contribution in [-0.4, -0.2) is 45.5 Å². The molecule has 2 N–H and O–H groups in total. The summed E-state index contributed by atoms with van der Waals surface area (Å²) < 4.78 is 45.1. The first-order chi connectivity index (χ1) is 17.6. The fourth-order valence-corrected chi connectivity index (χ4v) is 4.37. The SMILES string of the molecule is C#C[C@@H](N)c1cccc(C(F)F)c1F.COC1(c2cc3cncnc3n(C)c2=O)CCN(C(C)=O)CC1. The Hall–Kier alpha value is -3.75. The maximum absolute atomic E-state index is 13.3. The summed E-state index contributed by atoms with van der Waals surface area (Å²) in [4.78, 5) is 34.3. The monoisotopic (exact) mass is 515 g/mol. The van der Waals surface area contributed by atoms with Crippen LogP contribution in [0.4, 0.5) is 13.2 Å². The van der Waals surface area contributed by atoms with Crippen molar-refractivity contribution in [1.29, 1.82) is 0 Å². The predicted molar refractivity (Wildman–Crippen MR) is 132 cm³/mol. The van der Waals surface area contributed by atoms with E-state index in [9.17, 15) is 22.8 Å². The van der Waals surface area contributed by atoms with Crippen molar-refractivity contribution in [2.45, 2.75) is 37.8 Å². The van der Waals surface area contributed by atoms with Gasteiger partial charge in [-0.3, -0.25) is 14.2 Å². The number of benzene rings is 1. The Bertz CT molecular complexity index is 1380. The molecule has 11 heteroatoms. The van der Waals surface area contributed by atoms with Gasteiger partial charge in [-0.25, -0.2) is 23.1 Å². The highest BCUT2D eigenvalue weighted by molar-refractivity contribution is 5.75. The summed E-state index contributed by atoms with van der Waals surface area (Å²) in [6.07, 6.45) is 6.42. The van der Waals surface area contributed by atoms with Crippen LogP contribution < -0.4 is 11.3 Å². The normalized spacial score (nSPS) is 15.6. The van der Waals surface area contributed by atoms with E-state index in [2.05, 4.69) is 15.9 Å². The number of carbonyl (C=O) groups excluding carboxylic acids is 1. The van der Waals surface area contributed by atoms with Gasteiger partial charge in [-0.15, -0.1) is 6.42 Å². The van der Waals surface area contributed by atoms with Gasteiger partial charge in [-0.05, 0) is 18.9 Å². The van der Waals surface area contributed by atoms with Gasteiger partial charge in [-0.1, -0.05) is 24.1 Å². The molecule has 0 spiro atoms. The molecule has 0 radical (unpaired) electrons. The molecule has 1 amide bonds. The summed E-state index contributed by atoms with van der Waals surface area (Å²) in [7, 11) is 3.32. The molecule has 1 atom stereocenters. The number of rotatable bonds is 4. The summed E-state index contributed by atoms with van der Waals surface area (Å²) in [5.74, 6) is 1.11. The van der Waals surface area contributed by atoms with Gasteiger partial charge in [0.25, 0.3) is 12.0 Å². The molecule has 8 nitrogen and oxygen atoms in total. The van der Waals surface area contributed by atoms with Crippen molar-refractivity contribution in [1.82, 2.24) is 19.4 Å². The van der Waals surface area contributed by atoms with Crippen LogP contribution in [0.3, 0.4) is 0 Å². The van der Waals surface area contributed by atoms with E-state index in [4.69, 9.17) is 16.9 Å². The van der Waals surface area contributed by atoms with Gasteiger partial charge in [0.1, 0.15) is 23.4 Å². The Morgan fingerprint density at radius 1 is 1.27 bits per heavy atom. The van der Waals surface area contributed by atoms with E-state index in [0.717, 1.165) is 11.5 Å². The minimum Gasteiger partial charge on any atom is -0.373 e. The lowest BCUT2D eigenvalue weighted by Crippen LogP contribution is -2.48. The summed E-state index contributed by atoms with van der Waals surface area (Å²) in [5, 5.41) is 0.801. The Morgan fingerprint density at radius 2 is 1.92 bits per heavy atom. The minimum atomic E-state index is -2.86. The zero-order chi connectivity index (χ0) is 27.3. The number of carbonyl (C=O) groups is 1. The molecular formula is C26H28F3N5O3. The molecule has 37 heavy (non-hydrogen) atoms. The van der Waals surface area contributed by atoms with Crippen molar-refractivity contribution in [3.05, 3.63) is 69.7 Å². The molecule has 196 valence electrons. The van der Waals surface area contributed by atoms with Gasteiger partial charge in [0.15, 0.2) is 0 Å². The molecule has 1 aliphatic rings. The number of methoxy groups -OCH3 is 1. The number of aryl methyl sites for hydroxylation is 1. The number of ether oxygens (including phenoxy) is 1. The molecule has 3 aromatic rings. The first-order valence-corrected chi connectivity index (χ1v) is 11.4. The zero-order valence-corrected chi connectivity index (χ0v) is 20.7. The average molecular weight is 516 g/mol. The number of piperidine rings is 1. The van der Waals surface area contributed by atoms with Crippen molar-refractivity contribution < 1.29 is 22.7 Å². The highest BCUT2D eigenvalue weighted by Crippen LogP contribution is 2.35. The second-order valence-corrected chi connectivity index (χ2v) is 8.62. The standard InChI is InChI=1S/C16H20N4O3.C10H8F3N/c1-11(21)20-6-4-16(23-3,5-7-20)13-8-12-9-17-10-18-14(12)19(2)15(13)22;1-2-8(14)6-4-3-5-7(9(6)11)10(12)13/h8-10H,4-7H2,1-3H3;1,3-5,8,10H,14H2/t;8-/m.1/s1. The third-order valence-electron chi connectivity index (χ3n) is 6.58. The van der Waals surface area contributed by atoms with E-state index < -0.39 is 29.4 Å². The number of terminal acetylenes is 1. The Kier molecular flexibility index (Phi) is 8.68. The number of nitrogens with zero attached hydrogens (tertiary/aromatic N) is 4. The molecule has 4 rings (SSSR count). The fraction of sp³-hybridized carbons (Fsp3) is 0.385.